The Morgan fingerprint density at radius 3 is 2.50 bits per heavy atom. The number of hydrogen-bond donors (Lipinski definition) is 1. The zero-order chi connectivity index (χ0) is 16.3. The molecule has 0 radical (unpaired) electrons. The number of benzene rings is 1. The first-order valence-electron chi connectivity index (χ1n) is 7.61. The van der Waals surface area contributed by atoms with Crippen LogP contribution in [-0.2, 0) is 9.53 Å². The molecule has 22 heavy (non-hydrogen) atoms. The third-order valence-corrected chi connectivity index (χ3v) is 3.92. The molecule has 1 aromatic rings. The third-order valence-electron chi connectivity index (χ3n) is 3.92. The molecule has 1 aliphatic rings. The van der Waals surface area contributed by atoms with Gasteiger partial charge in [0.25, 0.3) is 5.91 Å². The fourth-order valence-corrected chi connectivity index (χ4v) is 2.98. The Morgan fingerprint density at radius 1 is 1.27 bits per heavy atom. The van der Waals surface area contributed by atoms with Gasteiger partial charge >= 0.3 is 5.97 Å². The highest BCUT2D eigenvalue weighted by atomic mass is 16.5. The molecule has 0 unspecified atom stereocenters. The Hall–Kier alpha value is -2.04. The van der Waals surface area contributed by atoms with Crippen LogP contribution < -0.4 is 0 Å². The molecule has 1 amide bonds. The van der Waals surface area contributed by atoms with Crippen LogP contribution in [-0.4, -0.2) is 41.6 Å². The van der Waals surface area contributed by atoms with Crippen molar-refractivity contribution in [1.82, 2.24) is 4.90 Å². The number of ether oxygens (including phenoxy) is 1. The van der Waals surface area contributed by atoms with Crippen molar-refractivity contribution < 1.29 is 19.4 Å². The molecule has 1 fully saturated rings. The molecule has 0 aromatic heterocycles. The molecule has 120 valence electrons. The Kier molecular flexibility index (Phi) is 5.06. The summed E-state index contributed by atoms with van der Waals surface area (Å²) in [5.41, 5.74) is 0.931. The van der Waals surface area contributed by atoms with Crippen molar-refractivity contribution in [2.45, 2.75) is 27.2 Å². The minimum Gasteiger partial charge on any atom is -0.507 e. The molecule has 2 atom stereocenters. The van der Waals surface area contributed by atoms with Gasteiger partial charge < -0.3 is 14.7 Å². The van der Waals surface area contributed by atoms with E-state index >= 15 is 0 Å². The molecule has 0 aliphatic carbocycles. The van der Waals surface area contributed by atoms with Crippen molar-refractivity contribution in [3.8, 4) is 5.75 Å². The number of aromatic hydroxyl groups is 1. The quantitative estimate of drug-likeness (QED) is 0.871. The van der Waals surface area contributed by atoms with Crippen LogP contribution >= 0.6 is 0 Å². The number of nitrogens with zero attached hydrogens (tertiary/aromatic N) is 1. The Bertz CT molecular complexity index is 560. The molecule has 1 heterocycles. The number of aryl methyl sites for hydroxylation is 1. The van der Waals surface area contributed by atoms with Gasteiger partial charge in [-0.25, -0.2) is 4.79 Å². The van der Waals surface area contributed by atoms with E-state index in [1.807, 2.05) is 6.92 Å². The molecular weight excluding hydrogens is 282 g/mol. The fourth-order valence-electron chi connectivity index (χ4n) is 2.98. The lowest BCUT2D eigenvalue weighted by Crippen LogP contribution is -2.44. The zero-order valence-electron chi connectivity index (χ0n) is 13.3. The van der Waals surface area contributed by atoms with Crippen LogP contribution in [0.3, 0.4) is 0 Å². The minimum absolute atomic E-state index is 0.0822. The number of piperidine rings is 1. The fraction of sp³-hybridized carbons (Fsp3) is 0.529. The Morgan fingerprint density at radius 2 is 1.91 bits per heavy atom. The maximum Gasteiger partial charge on any atom is 0.342 e. The monoisotopic (exact) mass is 305 g/mol. The molecule has 0 spiro atoms. The van der Waals surface area contributed by atoms with Crippen LogP contribution in [0.5, 0.6) is 5.75 Å². The van der Waals surface area contributed by atoms with Crippen molar-refractivity contribution in [3.05, 3.63) is 29.3 Å². The smallest absolute Gasteiger partial charge is 0.342 e. The lowest BCUT2D eigenvalue weighted by atomic mass is 9.92. The van der Waals surface area contributed by atoms with Crippen molar-refractivity contribution >= 4 is 11.9 Å². The molecule has 2 rings (SSSR count). The molecule has 1 N–H and O–H groups in total. The number of amides is 1. The summed E-state index contributed by atoms with van der Waals surface area (Å²) in [4.78, 5) is 25.8. The van der Waals surface area contributed by atoms with Crippen molar-refractivity contribution in [2.24, 2.45) is 11.8 Å². The highest BCUT2D eigenvalue weighted by Gasteiger charge is 2.26. The number of rotatable bonds is 3. The summed E-state index contributed by atoms with van der Waals surface area (Å²) in [6.07, 6.45) is 1.11. The van der Waals surface area contributed by atoms with E-state index in [4.69, 9.17) is 4.74 Å². The van der Waals surface area contributed by atoms with Crippen LogP contribution in [0.1, 0.15) is 36.2 Å². The van der Waals surface area contributed by atoms with Gasteiger partial charge in [-0.3, -0.25) is 4.79 Å². The SMILES string of the molecule is Cc1ccc(C(=O)OCC(=O)N2C[C@H](C)C[C@@H](C)C2)c(O)c1. The first-order chi connectivity index (χ1) is 10.4. The van der Waals surface area contributed by atoms with Crippen molar-refractivity contribution in [2.75, 3.05) is 19.7 Å². The van der Waals surface area contributed by atoms with Gasteiger partial charge in [-0.1, -0.05) is 19.9 Å². The molecule has 1 aromatic carbocycles. The lowest BCUT2D eigenvalue weighted by Gasteiger charge is -2.34. The van der Waals surface area contributed by atoms with Gasteiger partial charge in [0.1, 0.15) is 11.3 Å². The summed E-state index contributed by atoms with van der Waals surface area (Å²) in [6, 6.07) is 4.71. The highest BCUT2D eigenvalue weighted by Crippen LogP contribution is 2.22. The maximum atomic E-state index is 12.2. The standard InChI is InChI=1S/C17H23NO4/c1-11-4-5-14(15(19)7-11)17(21)22-10-16(20)18-8-12(2)6-13(3)9-18/h4-5,7,12-13,19H,6,8-10H2,1-3H3/t12-,13-/m1/s1. The van der Waals surface area contributed by atoms with Crippen molar-refractivity contribution in [3.63, 3.8) is 0 Å². The highest BCUT2D eigenvalue weighted by molar-refractivity contribution is 5.93. The van der Waals surface area contributed by atoms with Crippen LogP contribution in [0.2, 0.25) is 0 Å². The number of carbonyl (C=O) groups excluding carboxylic acids is 2. The largest absolute Gasteiger partial charge is 0.507 e. The van der Waals surface area contributed by atoms with E-state index in [0.717, 1.165) is 12.0 Å². The maximum absolute atomic E-state index is 12.2. The van der Waals surface area contributed by atoms with E-state index in [-0.39, 0.29) is 23.8 Å². The van der Waals surface area contributed by atoms with E-state index in [0.29, 0.717) is 24.9 Å². The number of carbonyl (C=O) groups is 2. The number of phenolic OH excluding ortho intramolecular Hbond substituents is 1. The topological polar surface area (TPSA) is 66.8 Å². The molecule has 0 saturated carbocycles. The first-order valence-corrected chi connectivity index (χ1v) is 7.61. The summed E-state index contributed by atoms with van der Waals surface area (Å²) in [5, 5.41) is 9.75. The van der Waals surface area contributed by atoms with Gasteiger partial charge in [0.15, 0.2) is 6.61 Å². The van der Waals surface area contributed by atoms with Crippen LogP contribution in [0.15, 0.2) is 18.2 Å². The zero-order valence-corrected chi connectivity index (χ0v) is 13.3. The average molecular weight is 305 g/mol. The van der Waals surface area contributed by atoms with Crippen LogP contribution in [0, 0.1) is 18.8 Å². The predicted octanol–water partition coefficient (Wildman–Crippen LogP) is 2.36. The molecule has 5 heteroatoms. The summed E-state index contributed by atoms with van der Waals surface area (Å²) < 4.78 is 5.04. The second-order valence-electron chi connectivity index (χ2n) is 6.34. The number of phenols is 1. The molecule has 1 aliphatic heterocycles. The molecule has 1 saturated heterocycles. The normalized spacial score (nSPS) is 21.5. The van der Waals surface area contributed by atoms with Gasteiger partial charge in [-0.2, -0.15) is 0 Å². The lowest BCUT2D eigenvalue weighted by molar-refractivity contribution is -0.137. The second kappa shape index (κ2) is 6.81. The molecule has 5 nitrogen and oxygen atoms in total. The molecular formula is C17H23NO4. The molecule has 0 bridgehead atoms. The van der Waals surface area contributed by atoms with E-state index in [2.05, 4.69) is 13.8 Å². The third kappa shape index (κ3) is 4.00. The summed E-state index contributed by atoms with van der Waals surface area (Å²) in [6.45, 7) is 7.17. The summed E-state index contributed by atoms with van der Waals surface area (Å²) in [7, 11) is 0. The van der Waals surface area contributed by atoms with E-state index < -0.39 is 5.97 Å². The second-order valence-corrected chi connectivity index (χ2v) is 6.34. The summed E-state index contributed by atoms with van der Waals surface area (Å²) >= 11 is 0. The average Bonchev–Trinajstić information content (AvgIpc) is 2.43. The van der Waals surface area contributed by atoms with Crippen molar-refractivity contribution in [1.29, 1.82) is 0 Å². The van der Waals surface area contributed by atoms with E-state index in [1.54, 1.807) is 11.0 Å². The van der Waals surface area contributed by atoms with Gasteiger partial charge in [0, 0.05) is 13.1 Å². The predicted molar refractivity (Wildman–Crippen MR) is 82.7 cm³/mol. The van der Waals surface area contributed by atoms with E-state index in [1.165, 1.54) is 12.1 Å². The van der Waals surface area contributed by atoms with Gasteiger partial charge in [0.2, 0.25) is 0 Å². The Balaban J connectivity index is 1.91. The van der Waals surface area contributed by atoms with Gasteiger partial charge in [-0.15, -0.1) is 0 Å². The Labute approximate surface area is 130 Å². The first kappa shape index (κ1) is 16.3. The number of esters is 1. The van der Waals surface area contributed by atoms with Crippen LogP contribution in [0.4, 0.5) is 0 Å². The number of likely N-dealkylation sites (tertiary alicyclic amines) is 1. The van der Waals surface area contributed by atoms with Gasteiger partial charge in [0.05, 0.1) is 0 Å². The van der Waals surface area contributed by atoms with Crippen LogP contribution in [0.25, 0.3) is 0 Å². The van der Waals surface area contributed by atoms with Gasteiger partial charge in [-0.05, 0) is 42.9 Å². The minimum atomic E-state index is -0.677. The summed E-state index contributed by atoms with van der Waals surface area (Å²) in [5.74, 6) is -0.0611. The van der Waals surface area contributed by atoms with E-state index in [9.17, 15) is 14.7 Å². The number of hydrogen-bond acceptors (Lipinski definition) is 4.